The molecule has 0 fully saturated rings. The molecule has 0 atom stereocenters. The van der Waals surface area contributed by atoms with Gasteiger partial charge in [0.15, 0.2) is 5.09 Å². The van der Waals surface area contributed by atoms with Crippen LogP contribution >= 0.6 is 46.0 Å². The standard InChI is InChI=1S/C18H12ClIN2O3S/c19-12-2-5-14(6-3-12)26-17-8-4-13(25-17)10-21-22-18(24)11-1-7-15(20)16(23)9-11/h1-10,23H,(H,22,24). The summed E-state index contributed by atoms with van der Waals surface area (Å²) in [6.07, 6.45) is 1.41. The van der Waals surface area contributed by atoms with Gasteiger partial charge in [-0.25, -0.2) is 5.43 Å². The van der Waals surface area contributed by atoms with Crippen molar-refractivity contribution in [2.24, 2.45) is 5.10 Å². The van der Waals surface area contributed by atoms with E-state index < -0.39 is 5.91 Å². The van der Waals surface area contributed by atoms with Crippen molar-refractivity contribution in [3.63, 3.8) is 0 Å². The molecule has 1 amide bonds. The molecule has 8 heteroatoms. The van der Waals surface area contributed by atoms with Gasteiger partial charge in [0.2, 0.25) is 0 Å². The number of furan rings is 1. The second-order valence-corrected chi connectivity index (χ2v) is 7.75. The molecule has 0 radical (unpaired) electrons. The van der Waals surface area contributed by atoms with Crippen LogP contribution in [0.3, 0.4) is 0 Å². The fourth-order valence-corrected chi connectivity index (χ4v) is 3.19. The fraction of sp³-hybridized carbons (Fsp3) is 0. The van der Waals surface area contributed by atoms with E-state index in [1.54, 1.807) is 18.2 Å². The van der Waals surface area contributed by atoms with Crippen LogP contribution in [0.15, 0.2) is 74.1 Å². The number of phenolic OH excluding ortho intramolecular Hbond substituents is 1. The Balaban J connectivity index is 1.58. The van der Waals surface area contributed by atoms with Crippen LogP contribution in [0.25, 0.3) is 0 Å². The Morgan fingerprint density at radius 1 is 1.19 bits per heavy atom. The van der Waals surface area contributed by atoms with E-state index in [1.807, 2.05) is 52.9 Å². The van der Waals surface area contributed by atoms with Crippen molar-refractivity contribution in [2.75, 3.05) is 0 Å². The lowest BCUT2D eigenvalue weighted by molar-refractivity contribution is 0.0954. The summed E-state index contributed by atoms with van der Waals surface area (Å²) < 4.78 is 6.30. The van der Waals surface area contributed by atoms with Gasteiger partial charge in [-0.2, -0.15) is 5.10 Å². The summed E-state index contributed by atoms with van der Waals surface area (Å²) in [4.78, 5) is 13.0. The van der Waals surface area contributed by atoms with Crippen molar-refractivity contribution in [1.29, 1.82) is 0 Å². The Labute approximate surface area is 172 Å². The van der Waals surface area contributed by atoms with Crippen molar-refractivity contribution in [3.8, 4) is 5.75 Å². The molecular formula is C18H12ClIN2O3S. The van der Waals surface area contributed by atoms with E-state index in [4.69, 9.17) is 16.0 Å². The monoisotopic (exact) mass is 498 g/mol. The first-order valence-corrected chi connectivity index (χ1v) is 9.64. The fourth-order valence-electron chi connectivity index (χ4n) is 1.95. The first-order chi connectivity index (χ1) is 12.5. The van der Waals surface area contributed by atoms with Crippen LogP contribution in [0.2, 0.25) is 5.02 Å². The van der Waals surface area contributed by atoms with Crippen molar-refractivity contribution >= 4 is 58.1 Å². The smallest absolute Gasteiger partial charge is 0.271 e. The number of nitrogens with one attached hydrogen (secondary N) is 1. The van der Waals surface area contributed by atoms with Gasteiger partial charge in [-0.1, -0.05) is 23.4 Å². The maximum absolute atomic E-state index is 12.0. The number of amides is 1. The maximum Gasteiger partial charge on any atom is 0.271 e. The summed E-state index contributed by atoms with van der Waals surface area (Å²) in [5.41, 5.74) is 2.71. The number of hydrazone groups is 1. The predicted molar refractivity (Wildman–Crippen MR) is 110 cm³/mol. The second kappa shape index (κ2) is 8.61. The van der Waals surface area contributed by atoms with E-state index in [2.05, 4.69) is 10.5 Å². The zero-order chi connectivity index (χ0) is 18.5. The number of halogens is 2. The summed E-state index contributed by atoms with van der Waals surface area (Å²) in [5.74, 6) is 0.139. The highest BCUT2D eigenvalue weighted by Crippen LogP contribution is 2.29. The zero-order valence-corrected chi connectivity index (χ0v) is 16.9. The second-order valence-electron chi connectivity index (χ2n) is 5.08. The van der Waals surface area contributed by atoms with Crippen LogP contribution in [0.5, 0.6) is 5.75 Å². The lowest BCUT2D eigenvalue weighted by Crippen LogP contribution is -2.17. The van der Waals surface area contributed by atoms with Crippen LogP contribution in [0.4, 0.5) is 0 Å². The highest BCUT2D eigenvalue weighted by molar-refractivity contribution is 14.1. The Hall–Kier alpha value is -1.97. The number of phenols is 1. The molecule has 0 aliphatic carbocycles. The number of hydrogen-bond acceptors (Lipinski definition) is 5. The minimum atomic E-state index is -0.421. The topological polar surface area (TPSA) is 74.8 Å². The summed E-state index contributed by atoms with van der Waals surface area (Å²) in [7, 11) is 0. The lowest BCUT2D eigenvalue weighted by atomic mass is 10.2. The van der Waals surface area contributed by atoms with E-state index >= 15 is 0 Å². The van der Waals surface area contributed by atoms with Crippen LogP contribution in [-0.2, 0) is 0 Å². The molecule has 2 N–H and O–H groups in total. The number of rotatable bonds is 5. The molecule has 0 aliphatic heterocycles. The molecule has 0 aliphatic rings. The van der Waals surface area contributed by atoms with E-state index in [0.29, 0.717) is 25.0 Å². The maximum atomic E-state index is 12.0. The third-order valence-corrected chi connectivity index (χ3v) is 5.29. The summed E-state index contributed by atoms with van der Waals surface area (Å²) in [6.45, 7) is 0. The van der Waals surface area contributed by atoms with Crippen molar-refractivity contribution in [1.82, 2.24) is 5.43 Å². The molecule has 0 saturated heterocycles. The summed E-state index contributed by atoms with van der Waals surface area (Å²) in [5, 5.41) is 14.9. The number of carbonyl (C=O) groups is 1. The van der Waals surface area contributed by atoms with Gasteiger partial charge < -0.3 is 9.52 Å². The molecule has 3 rings (SSSR count). The molecule has 132 valence electrons. The SMILES string of the molecule is O=C(NN=Cc1ccc(Sc2ccc(Cl)cc2)o1)c1ccc(I)c(O)c1. The normalized spacial score (nSPS) is 11.0. The number of hydrogen-bond donors (Lipinski definition) is 2. The Morgan fingerprint density at radius 3 is 2.69 bits per heavy atom. The average molecular weight is 499 g/mol. The quantitative estimate of drug-likeness (QED) is 0.290. The number of aromatic hydroxyl groups is 1. The Kier molecular flexibility index (Phi) is 6.23. The van der Waals surface area contributed by atoms with Gasteiger partial charge in [-0.15, -0.1) is 0 Å². The minimum Gasteiger partial charge on any atom is -0.507 e. The van der Waals surface area contributed by atoms with E-state index in [9.17, 15) is 9.90 Å². The number of benzene rings is 2. The van der Waals surface area contributed by atoms with Gasteiger partial charge in [0.05, 0.1) is 9.78 Å². The number of carbonyl (C=O) groups excluding carboxylic acids is 1. The van der Waals surface area contributed by atoms with Gasteiger partial charge >= 0.3 is 0 Å². The van der Waals surface area contributed by atoms with Crippen LogP contribution in [0.1, 0.15) is 16.1 Å². The molecule has 26 heavy (non-hydrogen) atoms. The first kappa shape index (κ1) is 18.8. The van der Waals surface area contributed by atoms with Gasteiger partial charge in [0, 0.05) is 15.5 Å². The number of nitrogens with zero attached hydrogens (tertiary/aromatic N) is 1. The average Bonchev–Trinajstić information content (AvgIpc) is 3.06. The Morgan fingerprint density at radius 2 is 1.96 bits per heavy atom. The van der Waals surface area contributed by atoms with Crippen molar-refractivity contribution in [2.45, 2.75) is 9.99 Å². The predicted octanol–water partition coefficient (Wildman–Crippen LogP) is 5.16. The summed E-state index contributed by atoms with van der Waals surface area (Å²) in [6, 6.07) is 15.7. The molecule has 0 saturated carbocycles. The molecular weight excluding hydrogens is 487 g/mol. The van der Waals surface area contributed by atoms with E-state index in [1.165, 1.54) is 24.0 Å². The molecule has 1 heterocycles. The largest absolute Gasteiger partial charge is 0.507 e. The third-order valence-electron chi connectivity index (χ3n) is 3.20. The molecule has 1 aromatic heterocycles. The molecule has 5 nitrogen and oxygen atoms in total. The molecule has 0 spiro atoms. The van der Waals surface area contributed by atoms with Gasteiger partial charge in [-0.3, -0.25) is 4.79 Å². The molecule has 0 unspecified atom stereocenters. The summed E-state index contributed by atoms with van der Waals surface area (Å²) >= 11 is 9.30. The van der Waals surface area contributed by atoms with Gasteiger partial charge in [-0.05, 0) is 77.2 Å². The van der Waals surface area contributed by atoms with E-state index in [0.717, 1.165) is 4.90 Å². The highest BCUT2D eigenvalue weighted by atomic mass is 127. The van der Waals surface area contributed by atoms with Crippen molar-refractivity contribution in [3.05, 3.63) is 74.5 Å². The molecule has 3 aromatic rings. The van der Waals surface area contributed by atoms with Crippen LogP contribution < -0.4 is 5.43 Å². The highest BCUT2D eigenvalue weighted by Gasteiger charge is 2.07. The van der Waals surface area contributed by atoms with Crippen LogP contribution in [-0.4, -0.2) is 17.2 Å². The third kappa shape index (κ3) is 5.03. The van der Waals surface area contributed by atoms with Crippen LogP contribution in [0, 0.1) is 3.57 Å². The zero-order valence-electron chi connectivity index (χ0n) is 13.1. The minimum absolute atomic E-state index is 0.0529. The Bertz CT molecular complexity index is 957. The first-order valence-electron chi connectivity index (χ1n) is 7.36. The van der Waals surface area contributed by atoms with E-state index in [-0.39, 0.29) is 5.75 Å². The lowest BCUT2D eigenvalue weighted by Gasteiger charge is -2.01. The molecule has 0 bridgehead atoms. The van der Waals surface area contributed by atoms with Gasteiger partial charge in [0.25, 0.3) is 5.91 Å². The van der Waals surface area contributed by atoms with Crippen molar-refractivity contribution < 1.29 is 14.3 Å². The molecule has 2 aromatic carbocycles. The van der Waals surface area contributed by atoms with Gasteiger partial charge in [0.1, 0.15) is 11.5 Å².